The lowest BCUT2D eigenvalue weighted by Crippen LogP contribution is -2.23. The van der Waals surface area contributed by atoms with Gasteiger partial charge in [-0.15, -0.1) is 0 Å². The highest BCUT2D eigenvalue weighted by Gasteiger charge is 2.26. The molecule has 0 N–H and O–H groups in total. The molecule has 0 fully saturated rings. The molecule has 0 saturated carbocycles. The van der Waals surface area contributed by atoms with Crippen molar-refractivity contribution in [1.82, 2.24) is 9.29 Å². The summed E-state index contributed by atoms with van der Waals surface area (Å²) in [6.07, 6.45) is 0.547. The predicted molar refractivity (Wildman–Crippen MR) is 112 cm³/mol. The molecule has 31 heavy (non-hydrogen) atoms. The lowest BCUT2D eigenvalue weighted by atomic mass is 10.1. The van der Waals surface area contributed by atoms with Gasteiger partial charge in [0.2, 0.25) is 10.0 Å². The first kappa shape index (κ1) is 22.4. The number of hydrogen-bond donors (Lipinski definition) is 0. The second-order valence-electron chi connectivity index (χ2n) is 6.75. The van der Waals surface area contributed by atoms with Crippen LogP contribution in [0.5, 0.6) is 5.75 Å². The van der Waals surface area contributed by atoms with Gasteiger partial charge in [0, 0.05) is 25.9 Å². The van der Waals surface area contributed by atoms with E-state index in [1.165, 1.54) is 63.8 Å². The van der Waals surface area contributed by atoms with Gasteiger partial charge in [-0.1, -0.05) is 18.2 Å². The van der Waals surface area contributed by atoms with Crippen molar-refractivity contribution in [2.24, 2.45) is 0 Å². The highest BCUT2D eigenvalue weighted by molar-refractivity contribution is 7.89. The van der Waals surface area contributed by atoms with Gasteiger partial charge < -0.3 is 9.47 Å². The molecule has 0 bridgehead atoms. The van der Waals surface area contributed by atoms with E-state index >= 15 is 0 Å². The summed E-state index contributed by atoms with van der Waals surface area (Å²) < 4.78 is 50.9. The van der Waals surface area contributed by atoms with E-state index in [1.54, 1.807) is 24.3 Å². The number of rotatable bonds is 7. The first-order chi connectivity index (χ1) is 14.7. The molecule has 7 nitrogen and oxygen atoms in total. The molecule has 1 atom stereocenters. The molecule has 3 aromatic rings. The number of methoxy groups -OCH3 is 1. The highest BCUT2D eigenvalue weighted by atomic mass is 32.2. The summed E-state index contributed by atoms with van der Waals surface area (Å²) in [6.45, 7) is 0. The van der Waals surface area contributed by atoms with Crippen LogP contribution >= 0.6 is 0 Å². The molecule has 0 aliphatic rings. The second kappa shape index (κ2) is 9.23. The molecule has 9 heteroatoms. The topological polar surface area (TPSA) is 85.8 Å². The third-order valence-corrected chi connectivity index (χ3v) is 6.33. The van der Waals surface area contributed by atoms with Gasteiger partial charge in [0.05, 0.1) is 18.4 Å². The Kier molecular flexibility index (Phi) is 6.67. The lowest BCUT2D eigenvalue weighted by Gasteiger charge is -2.19. The molecule has 0 amide bonds. The van der Waals surface area contributed by atoms with E-state index in [2.05, 4.69) is 4.98 Å². The van der Waals surface area contributed by atoms with Crippen LogP contribution in [0.1, 0.15) is 27.7 Å². The summed E-state index contributed by atoms with van der Waals surface area (Å²) >= 11 is 0. The zero-order valence-corrected chi connectivity index (χ0v) is 18.0. The Morgan fingerprint density at radius 3 is 2.45 bits per heavy atom. The molecule has 0 aliphatic heterocycles. The third-order valence-electron chi connectivity index (χ3n) is 4.49. The highest BCUT2D eigenvalue weighted by Crippen LogP contribution is 2.30. The summed E-state index contributed by atoms with van der Waals surface area (Å²) in [4.78, 5) is 17.0. The van der Waals surface area contributed by atoms with E-state index in [9.17, 15) is 17.6 Å². The number of carbonyl (C=O) groups is 1. The number of carbonyl (C=O) groups excluding carboxylic acids is 1. The summed E-state index contributed by atoms with van der Waals surface area (Å²) in [7, 11) is 0.213. The number of aromatic nitrogens is 1. The molecule has 0 spiro atoms. The van der Waals surface area contributed by atoms with Crippen molar-refractivity contribution in [3.63, 3.8) is 0 Å². The van der Waals surface area contributed by atoms with Gasteiger partial charge in [-0.25, -0.2) is 21.9 Å². The van der Waals surface area contributed by atoms with Crippen molar-refractivity contribution < 1.29 is 27.1 Å². The van der Waals surface area contributed by atoms with E-state index < -0.39 is 27.9 Å². The van der Waals surface area contributed by atoms with Crippen molar-refractivity contribution in [2.45, 2.75) is 11.0 Å². The molecule has 0 radical (unpaired) electrons. The van der Waals surface area contributed by atoms with Crippen LogP contribution in [0.25, 0.3) is 0 Å². The van der Waals surface area contributed by atoms with Gasteiger partial charge in [0.25, 0.3) is 0 Å². The van der Waals surface area contributed by atoms with Crippen molar-refractivity contribution >= 4 is 16.0 Å². The first-order valence-electron chi connectivity index (χ1n) is 9.22. The Morgan fingerprint density at radius 1 is 1.06 bits per heavy atom. The fraction of sp³-hybridized carbons (Fsp3) is 0.182. The van der Waals surface area contributed by atoms with E-state index in [4.69, 9.17) is 9.47 Å². The zero-order chi connectivity index (χ0) is 22.6. The van der Waals surface area contributed by atoms with Gasteiger partial charge in [-0.2, -0.15) is 0 Å². The van der Waals surface area contributed by atoms with Gasteiger partial charge in [-0.05, 0) is 42.5 Å². The molecule has 0 saturated heterocycles. The number of pyridine rings is 1. The quantitative estimate of drug-likeness (QED) is 0.519. The average Bonchev–Trinajstić information content (AvgIpc) is 2.77. The largest absolute Gasteiger partial charge is 0.495 e. The van der Waals surface area contributed by atoms with E-state index in [1.807, 2.05) is 0 Å². The van der Waals surface area contributed by atoms with Crippen LogP contribution in [0, 0.1) is 5.82 Å². The maximum absolute atomic E-state index is 13.8. The number of esters is 1. The number of nitrogens with zero attached hydrogens (tertiary/aromatic N) is 2. The maximum Gasteiger partial charge on any atom is 0.339 e. The first-order valence-corrected chi connectivity index (χ1v) is 10.7. The molecule has 1 heterocycles. The summed E-state index contributed by atoms with van der Waals surface area (Å²) in [5.74, 6) is -1.19. The van der Waals surface area contributed by atoms with Crippen LogP contribution in [0.2, 0.25) is 0 Å². The smallest absolute Gasteiger partial charge is 0.339 e. The van der Waals surface area contributed by atoms with Gasteiger partial charge >= 0.3 is 5.97 Å². The average molecular weight is 444 g/mol. The predicted octanol–water partition coefficient (Wildman–Crippen LogP) is 3.43. The van der Waals surface area contributed by atoms with Crippen LogP contribution in [0.4, 0.5) is 4.39 Å². The van der Waals surface area contributed by atoms with Crippen molar-refractivity contribution in [3.8, 4) is 5.75 Å². The third kappa shape index (κ3) is 4.89. The standard InChI is InChI=1S/C22H21FN2O5S/c1-25(2)31(27,28)20-14-16(10-11-19(20)29-3)22(26)30-21(18-9-4-5-12-24-18)15-7-6-8-17(23)13-15/h4-14,21H,1-3H3. The molecule has 162 valence electrons. The van der Waals surface area contributed by atoms with E-state index in [0.29, 0.717) is 11.3 Å². The number of halogens is 1. The Hall–Kier alpha value is -3.30. The minimum absolute atomic E-state index is 0.00133. The van der Waals surface area contributed by atoms with Crippen LogP contribution in [-0.4, -0.2) is 44.9 Å². The molecular weight excluding hydrogens is 423 g/mol. The summed E-state index contributed by atoms with van der Waals surface area (Å²) in [6, 6.07) is 14.7. The monoisotopic (exact) mass is 444 g/mol. The van der Waals surface area contributed by atoms with Crippen LogP contribution in [-0.2, 0) is 14.8 Å². The van der Waals surface area contributed by atoms with Crippen LogP contribution in [0.15, 0.2) is 71.8 Å². The molecule has 0 aliphatic carbocycles. The number of hydrogen-bond acceptors (Lipinski definition) is 6. The number of ether oxygens (including phenoxy) is 2. The molecule has 3 rings (SSSR count). The van der Waals surface area contributed by atoms with Crippen molar-refractivity contribution in [2.75, 3.05) is 21.2 Å². The van der Waals surface area contributed by atoms with Crippen molar-refractivity contribution in [3.05, 3.63) is 89.5 Å². The van der Waals surface area contributed by atoms with Gasteiger partial charge in [0.15, 0.2) is 6.10 Å². The Bertz CT molecular complexity index is 1180. The summed E-state index contributed by atoms with van der Waals surface area (Å²) in [5, 5.41) is 0. The Balaban J connectivity index is 2.01. The fourth-order valence-corrected chi connectivity index (χ4v) is 3.95. The summed E-state index contributed by atoms with van der Waals surface area (Å²) in [5.41, 5.74) is 0.788. The molecule has 1 aromatic heterocycles. The van der Waals surface area contributed by atoms with E-state index in [0.717, 1.165) is 4.31 Å². The minimum atomic E-state index is -3.88. The SMILES string of the molecule is COc1ccc(C(=O)OC(c2cccc(F)c2)c2ccccn2)cc1S(=O)(=O)N(C)C. The number of benzene rings is 2. The van der Waals surface area contributed by atoms with Crippen LogP contribution in [0.3, 0.4) is 0 Å². The normalized spacial score (nSPS) is 12.4. The Morgan fingerprint density at radius 2 is 1.84 bits per heavy atom. The fourth-order valence-electron chi connectivity index (χ4n) is 2.88. The van der Waals surface area contributed by atoms with Crippen molar-refractivity contribution in [1.29, 1.82) is 0 Å². The molecule has 1 unspecified atom stereocenters. The Labute approximate surface area is 180 Å². The molecule has 2 aromatic carbocycles. The minimum Gasteiger partial charge on any atom is -0.495 e. The maximum atomic E-state index is 13.8. The molecular formula is C22H21FN2O5S. The van der Waals surface area contributed by atoms with E-state index in [-0.39, 0.29) is 16.2 Å². The van der Waals surface area contributed by atoms with Crippen LogP contribution < -0.4 is 4.74 Å². The van der Waals surface area contributed by atoms with Gasteiger partial charge in [0.1, 0.15) is 16.5 Å². The number of sulfonamides is 1. The second-order valence-corrected chi connectivity index (χ2v) is 8.87. The van der Waals surface area contributed by atoms with Gasteiger partial charge in [-0.3, -0.25) is 4.98 Å². The lowest BCUT2D eigenvalue weighted by molar-refractivity contribution is 0.0369. The zero-order valence-electron chi connectivity index (χ0n) is 17.2.